The zero-order valence-corrected chi connectivity index (χ0v) is 18.3. The fourth-order valence-corrected chi connectivity index (χ4v) is 3.99. The first kappa shape index (κ1) is 22.6. The molecule has 1 unspecified atom stereocenters. The minimum Gasteiger partial charge on any atom is -0.472 e. The van der Waals surface area contributed by atoms with Crippen LogP contribution in [0.2, 0.25) is 0 Å². The van der Waals surface area contributed by atoms with Crippen molar-refractivity contribution in [1.29, 1.82) is 0 Å². The van der Waals surface area contributed by atoms with Gasteiger partial charge in [0.25, 0.3) is 5.91 Å². The molecule has 1 fully saturated rings. The molecule has 3 rings (SSSR count). The number of furan rings is 1. The smallest absolute Gasteiger partial charge is 0.253 e. The van der Waals surface area contributed by atoms with Crippen LogP contribution in [-0.4, -0.2) is 48.1 Å². The lowest BCUT2D eigenvalue weighted by molar-refractivity contribution is -0.150. The second-order valence-electron chi connectivity index (χ2n) is 8.24. The molecule has 1 aromatic heterocycles. The van der Waals surface area contributed by atoms with Crippen LogP contribution in [0.5, 0.6) is 0 Å². The average molecular weight is 413 g/mol. The van der Waals surface area contributed by atoms with Gasteiger partial charge in [0.15, 0.2) is 0 Å². The minimum atomic E-state index is -0.394. The number of nitrogens with zero attached hydrogens (tertiary/aromatic N) is 2. The summed E-state index contributed by atoms with van der Waals surface area (Å²) < 4.78 is 11.1. The number of ether oxygens (including phenoxy) is 1. The summed E-state index contributed by atoms with van der Waals surface area (Å²) in [5.74, 6) is 0.0996. The maximum Gasteiger partial charge on any atom is 0.253 e. The molecule has 0 aliphatic carbocycles. The molecule has 1 amide bonds. The van der Waals surface area contributed by atoms with Crippen LogP contribution in [-0.2, 0) is 22.6 Å². The van der Waals surface area contributed by atoms with Gasteiger partial charge in [-0.1, -0.05) is 69.4 Å². The van der Waals surface area contributed by atoms with Gasteiger partial charge in [-0.3, -0.25) is 9.69 Å². The van der Waals surface area contributed by atoms with Crippen LogP contribution < -0.4 is 0 Å². The Labute approximate surface area is 181 Å². The molecule has 5 heteroatoms. The van der Waals surface area contributed by atoms with Crippen molar-refractivity contribution in [3.8, 4) is 0 Å². The van der Waals surface area contributed by atoms with Gasteiger partial charge in [0.05, 0.1) is 19.1 Å². The van der Waals surface area contributed by atoms with Crippen molar-refractivity contribution < 1.29 is 13.9 Å². The SMILES string of the molecule is CCCCCCCCN(Cc1ccoc1)C(=O)C1CN(Cc2ccccc2)CCO1. The Morgan fingerprint density at radius 2 is 1.87 bits per heavy atom. The first-order valence-corrected chi connectivity index (χ1v) is 11.4. The standard InChI is InChI=1S/C25H36N2O3/c1-2-3-4-5-6-10-14-27(19-23-13-16-29-21-23)25(28)24-20-26(15-17-30-24)18-22-11-8-7-9-12-22/h7-9,11-13,16,21,24H,2-6,10,14-15,17-20H2,1H3. The van der Waals surface area contributed by atoms with E-state index in [-0.39, 0.29) is 5.91 Å². The van der Waals surface area contributed by atoms with E-state index in [0.29, 0.717) is 19.7 Å². The Kier molecular flexibility index (Phi) is 9.45. The number of carbonyl (C=O) groups excluding carboxylic acids is 1. The molecule has 5 nitrogen and oxygen atoms in total. The van der Waals surface area contributed by atoms with Crippen LogP contribution in [0.15, 0.2) is 53.3 Å². The van der Waals surface area contributed by atoms with Gasteiger partial charge in [-0.05, 0) is 18.1 Å². The Hall–Kier alpha value is -2.11. The average Bonchev–Trinajstić information content (AvgIpc) is 3.29. The quantitative estimate of drug-likeness (QED) is 0.467. The van der Waals surface area contributed by atoms with Crippen LogP contribution in [0.4, 0.5) is 0 Å². The zero-order chi connectivity index (χ0) is 21.0. The molecule has 1 aliphatic heterocycles. The summed E-state index contributed by atoms with van der Waals surface area (Å²) >= 11 is 0. The van der Waals surface area contributed by atoms with Crippen molar-refractivity contribution in [2.45, 2.75) is 64.6 Å². The van der Waals surface area contributed by atoms with Gasteiger partial charge in [-0.25, -0.2) is 0 Å². The van der Waals surface area contributed by atoms with Crippen molar-refractivity contribution in [1.82, 2.24) is 9.80 Å². The van der Waals surface area contributed by atoms with Gasteiger partial charge in [0.2, 0.25) is 0 Å². The lowest BCUT2D eigenvalue weighted by Gasteiger charge is -2.35. The van der Waals surface area contributed by atoms with Gasteiger partial charge in [-0.2, -0.15) is 0 Å². The van der Waals surface area contributed by atoms with E-state index in [2.05, 4.69) is 36.1 Å². The first-order valence-electron chi connectivity index (χ1n) is 11.4. The van der Waals surface area contributed by atoms with Gasteiger partial charge < -0.3 is 14.1 Å². The van der Waals surface area contributed by atoms with E-state index in [0.717, 1.165) is 31.6 Å². The fraction of sp³-hybridized carbons (Fsp3) is 0.560. The molecule has 1 aliphatic rings. The van der Waals surface area contributed by atoms with E-state index in [1.807, 2.05) is 17.0 Å². The highest BCUT2D eigenvalue weighted by Crippen LogP contribution is 2.16. The van der Waals surface area contributed by atoms with E-state index in [9.17, 15) is 4.79 Å². The van der Waals surface area contributed by atoms with Crippen LogP contribution in [0, 0.1) is 0 Å². The summed E-state index contributed by atoms with van der Waals surface area (Å²) in [7, 11) is 0. The van der Waals surface area contributed by atoms with Crippen molar-refractivity contribution in [3.05, 3.63) is 60.1 Å². The molecule has 2 heterocycles. The highest BCUT2D eigenvalue weighted by molar-refractivity contribution is 5.81. The van der Waals surface area contributed by atoms with Gasteiger partial charge >= 0.3 is 0 Å². The summed E-state index contributed by atoms with van der Waals surface area (Å²) in [5.41, 5.74) is 2.30. The minimum absolute atomic E-state index is 0.0996. The summed E-state index contributed by atoms with van der Waals surface area (Å²) in [6, 6.07) is 12.4. The molecule has 0 radical (unpaired) electrons. The Balaban J connectivity index is 1.55. The van der Waals surface area contributed by atoms with Crippen LogP contribution in [0.1, 0.15) is 56.6 Å². The maximum atomic E-state index is 13.3. The number of hydrogen-bond acceptors (Lipinski definition) is 4. The summed E-state index contributed by atoms with van der Waals surface area (Å²) in [5, 5.41) is 0. The predicted molar refractivity (Wildman–Crippen MR) is 119 cm³/mol. The lowest BCUT2D eigenvalue weighted by atomic mass is 10.1. The van der Waals surface area contributed by atoms with E-state index < -0.39 is 6.10 Å². The molecule has 0 bridgehead atoms. The number of benzene rings is 1. The largest absolute Gasteiger partial charge is 0.472 e. The van der Waals surface area contributed by atoms with Gasteiger partial charge in [0.1, 0.15) is 6.10 Å². The lowest BCUT2D eigenvalue weighted by Crippen LogP contribution is -2.50. The van der Waals surface area contributed by atoms with Gasteiger partial charge in [0, 0.05) is 38.3 Å². The second-order valence-corrected chi connectivity index (χ2v) is 8.24. The summed E-state index contributed by atoms with van der Waals surface area (Å²) in [6.45, 7) is 6.55. The highest BCUT2D eigenvalue weighted by atomic mass is 16.5. The first-order chi connectivity index (χ1) is 14.8. The zero-order valence-electron chi connectivity index (χ0n) is 18.3. The Morgan fingerprint density at radius 1 is 1.07 bits per heavy atom. The molecular weight excluding hydrogens is 376 g/mol. The summed E-state index contributed by atoms with van der Waals surface area (Å²) in [6.07, 6.45) is 10.3. The molecule has 0 saturated carbocycles. The van der Waals surface area contributed by atoms with Crippen molar-refractivity contribution in [2.75, 3.05) is 26.2 Å². The maximum absolute atomic E-state index is 13.3. The molecule has 1 aromatic carbocycles. The molecule has 0 N–H and O–H groups in total. The fourth-order valence-electron chi connectivity index (χ4n) is 3.99. The number of rotatable bonds is 12. The molecule has 0 spiro atoms. The third kappa shape index (κ3) is 7.29. The third-order valence-corrected chi connectivity index (χ3v) is 5.72. The number of amides is 1. The van der Waals surface area contributed by atoms with Crippen LogP contribution in [0.25, 0.3) is 0 Å². The Morgan fingerprint density at radius 3 is 2.63 bits per heavy atom. The molecule has 30 heavy (non-hydrogen) atoms. The van der Waals surface area contributed by atoms with Crippen molar-refractivity contribution in [2.24, 2.45) is 0 Å². The Bertz CT molecular complexity index is 717. The van der Waals surface area contributed by atoms with Crippen LogP contribution >= 0.6 is 0 Å². The van der Waals surface area contributed by atoms with Crippen LogP contribution in [0.3, 0.4) is 0 Å². The third-order valence-electron chi connectivity index (χ3n) is 5.72. The van der Waals surface area contributed by atoms with E-state index in [4.69, 9.17) is 9.15 Å². The summed E-state index contributed by atoms with van der Waals surface area (Å²) in [4.78, 5) is 17.6. The number of unbranched alkanes of at least 4 members (excludes halogenated alkanes) is 5. The molecular formula is C25H36N2O3. The van der Waals surface area contributed by atoms with E-state index in [1.165, 1.54) is 37.7 Å². The number of morpholine rings is 1. The topological polar surface area (TPSA) is 45.9 Å². The number of carbonyl (C=O) groups is 1. The molecule has 1 atom stereocenters. The van der Waals surface area contributed by atoms with E-state index in [1.54, 1.807) is 12.5 Å². The molecule has 2 aromatic rings. The molecule has 164 valence electrons. The normalized spacial score (nSPS) is 17.2. The van der Waals surface area contributed by atoms with Gasteiger partial charge in [-0.15, -0.1) is 0 Å². The highest BCUT2D eigenvalue weighted by Gasteiger charge is 2.30. The number of hydrogen-bond donors (Lipinski definition) is 0. The molecule has 1 saturated heterocycles. The van der Waals surface area contributed by atoms with Crippen molar-refractivity contribution >= 4 is 5.91 Å². The van der Waals surface area contributed by atoms with E-state index >= 15 is 0 Å². The monoisotopic (exact) mass is 412 g/mol. The predicted octanol–water partition coefficient (Wildman–Crippen LogP) is 4.87. The van der Waals surface area contributed by atoms with Crippen molar-refractivity contribution in [3.63, 3.8) is 0 Å². The second kappa shape index (κ2) is 12.6.